The largest absolute Gasteiger partial charge is 0.485 e. The number of benzene rings is 2. The number of ether oxygens (including phenoxy) is 3. The van der Waals surface area contributed by atoms with E-state index in [1.807, 2.05) is 73.0 Å². The summed E-state index contributed by atoms with van der Waals surface area (Å²) in [6.45, 7) is 4.95. The molecule has 31 heavy (non-hydrogen) atoms. The standard InChI is InChI=1S/C23H27N3O4S/c1-17(2)30-22(27)16-31-23-25-24-21(26(23)13-14-28-3)15-29-20-12-8-7-11-19(20)18-9-5-4-6-10-18/h4-12,17H,13-16H2,1-3H3. The summed E-state index contributed by atoms with van der Waals surface area (Å²) in [6.07, 6.45) is -0.145. The molecule has 0 amide bonds. The molecule has 0 saturated carbocycles. The van der Waals surface area contributed by atoms with Gasteiger partial charge in [-0.05, 0) is 25.5 Å². The summed E-state index contributed by atoms with van der Waals surface area (Å²) in [5, 5.41) is 9.16. The number of hydrogen-bond acceptors (Lipinski definition) is 7. The number of para-hydroxylation sites is 1. The minimum Gasteiger partial charge on any atom is -0.485 e. The smallest absolute Gasteiger partial charge is 0.316 e. The molecule has 2 aromatic carbocycles. The molecule has 0 fully saturated rings. The maximum absolute atomic E-state index is 11.9. The Balaban J connectivity index is 1.73. The minimum absolute atomic E-state index is 0.145. The molecule has 0 aliphatic heterocycles. The van der Waals surface area contributed by atoms with Crippen LogP contribution in [0.4, 0.5) is 0 Å². The van der Waals surface area contributed by atoms with Crippen LogP contribution in [0.5, 0.6) is 5.75 Å². The topological polar surface area (TPSA) is 75.5 Å². The molecular formula is C23H27N3O4S. The van der Waals surface area contributed by atoms with Gasteiger partial charge in [-0.2, -0.15) is 0 Å². The average molecular weight is 442 g/mol. The Hall–Kier alpha value is -2.84. The second kappa shape index (κ2) is 11.5. The Morgan fingerprint density at radius 3 is 2.55 bits per heavy atom. The van der Waals surface area contributed by atoms with Gasteiger partial charge in [-0.15, -0.1) is 10.2 Å². The fourth-order valence-corrected chi connectivity index (χ4v) is 3.72. The van der Waals surface area contributed by atoms with Crippen molar-refractivity contribution in [2.45, 2.75) is 38.3 Å². The predicted molar refractivity (Wildman–Crippen MR) is 120 cm³/mol. The summed E-state index contributed by atoms with van der Waals surface area (Å²) in [5.74, 6) is 1.32. The normalized spacial score (nSPS) is 11.0. The van der Waals surface area contributed by atoms with Crippen molar-refractivity contribution in [1.82, 2.24) is 14.8 Å². The maximum atomic E-state index is 11.9. The highest BCUT2D eigenvalue weighted by molar-refractivity contribution is 7.99. The zero-order chi connectivity index (χ0) is 22.1. The zero-order valence-corrected chi connectivity index (χ0v) is 18.8. The number of thioether (sulfide) groups is 1. The summed E-state index contributed by atoms with van der Waals surface area (Å²) in [5.41, 5.74) is 2.09. The SMILES string of the molecule is COCCn1c(COc2ccccc2-c2ccccc2)nnc1SCC(=O)OC(C)C. The molecule has 0 atom stereocenters. The molecule has 0 N–H and O–H groups in total. The molecule has 7 nitrogen and oxygen atoms in total. The zero-order valence-electron chi connectivity index (χ0n) is 18.0. The molecule has 8 heteroatoms. The van der Waals surface area contributed by atoms with E-state index in [4.69, 9.17) is 14.2 Å². The first-order valence-electron chi connectivity index (χ1n) is 10.1. The second-order valence-corrected chi connectivity index (χ2v) is 7.96. The van der Waals surface area contributed by atoms with Gasteiger partial charge >= 0.3 is 5.97 Å². The average Bonchev–Trinajstić information content (AvgIpc) is 3.16. The summed E-state index contributed by atoms with van der Waals surface area (Å²) in [4.78, 5) is 11.9. The molecule has 0 spiro atoms. The Morgan fingerprint density at radius 1 is 1.06 bits per heavy atom. The Labute approximate surface area is 186 Å². The van der Waals surface area contributed by atoms with Crippen LogP contribution in [0.3, 0.4) is 0 Å². The van der Waals surface area contributed by atoms with E-state index < -0.39 is 0 Å². The van der Waals surface area contributed by atoms with Crippen LogP contribution in [0.25, 0.3) is 11.1 Å². The van der Waals surface area contributed by atoms with Crippen LogP contribution in [0.15, 0.2) is 59.8 Å². The van der Waals surface area contributed by atoms with Crippen LogP contribution in [-0.4, -0.2) is 46.3 Å². The maximum Gasteiger partial charge on any atom is 0.316 e. The number of rotatable bonds is 11. The number of hydrogen-bond donors (Lipinski definition) is 0. The van der Waals surface area contributed by atoms with Gasteiger partial charge in [0, 0.05) is 19.2 Å². The number of carbonyl (C=O) groups excluding carboxylic acids is 1. The van der Waals surface area contributed by atoms with Crippen molar-refractivity contribution < 1.29 is 19.0 Å². The summed E-state index contributed by atoms with van der Waals surface area (Å²) in [6, 6.07) is 18.0. The monoisotopic (exact) mass is 441 g/mol. The van der Waals surface area contributed by atoms with Gasteiger partial charge in [-0.1, -0.05) is 60.3 Å². The number of carbonyl (C=O) groups is 1. The molecule has 0 bridgehead atoms. The Morgan fingerprint density at radius 2 is 1.81 bits per heavy atom. The van der Waals surface area contributed by atoms with Gasteiger partial charge in [0.1, 0.15) is 12.4 Å². The molecule has 3 aromatic rings. The highest BCUT2D eigenvalue weighted by Gasteiger charge is 2.16. The van der Waals surface area contributed by atoms with Gasteiger partial charge in [0.25, 0.3) is 0 Å². The van der Waals surface area contributed by atoms with Gasteiger partial charge in [-0.25, -0.2) is 0 Å². The lowest BCUT2D eigenvalue weighted by Gasteiger charge is -2.13. The van der Waals surface area contributed by atoms with E-state index in [0.29, 0.717) is 24.1 Å². The van der Waals surface area contributed by atoms with Gasteiger partial charge in [0.15, 0.2) is 11.0 Å². The van der Waals surface area contributed by atoms with Crippen molar-refractivity contribution in [2.24, 2.45) is 0 Å². The van der Waals surface area contributed by atoms with Crippen LogP contribution < -0.4 is 4.74 Å². The molecule has 1 aromatic heterocycles. The fourth-order valence-electron chi connectivity index (χ4n) is 2.95. The molecular weight excluding hydrogens is 414 g/mol. The highest BCUT2D eigenvalue weighted by Crippen LogP contribution is 2.30. The summed E-state index contributed by atoms with van der Waals surface area (Å²) >= 11 is 1.29. The molecule has 0 unspecified atom stereocenters. The van der Waals surface area contributed by atoms with Crippen LogP contribution in [0, 0.1) is 0 Å². The van der Waals surface area contributed by atoms with Crippen molar-refractivity contribution in [2.75, 3.05) is 19.5 Å². The van der Waals surface area contributed by atoms with Crippen molar-refractivity contribution in [3.8, 4) is 16.9 Å². The van der Waals surface area contributed by atoms with Crippen molar-refractivity contribution >= 4 is 17.7 Å². The van der Waals surface area contributed by atoms with Gasteiger partial charge in [0.05, 0.1) is 18.5 Å². The lowest BCUT2D eigenvalue weighted by atomic mass is 10.1. The second-order valence-electron chi connectivity index (χ2n) is 7.02. The lowest BCUT2D eigenvalue weighted by molar-refractivity contribution is -0.144. The number of nitrogens with zero attached hydrogens (tertiary/aromatic N) is 3. The van der Waals surface area contributed by atoms with E-state index in [1.54, 1.807) is 7.11 Å². The lowest BCUT2D eigenvalue weighted by Crippen LogP contribution is -2.15. The minimum atomic E-state index is -0.282. The van der Waals surface area contributed by atoms with E-state index >= 15 is 0 Å². The van der Waals surface area contributed by atoms with Crippen molar-refractivity contribution in [1.29, 1.82) is 0 Å². The van der Waals surface area contributed by atoms with E-state index in [0.717, 1.165) is 16.9 Å². The molecule has 3 rings (SSSR count). The van der Waals surface area contributed by atoms with Crippen LogP contribution in [-0.2, 0) is 27.4 Å². The Bertz CT molecular complexity index is 976. The van der Waals surface area contributed by atoms with E-state index in [9.17, 15) is 4.79 Å². The van der Waals surface area contributed by atoms with E-state index in [1.165, 1.54) is 11.8 Å². The van der Waals surface area contributed by atoms with Crippen LogP contribution in [0.2, 0.25) is 0 Å². The van der Waals surface area contributed by atoms with Gasteiger partial charge in [0.2, 0.25) is 0 Å². The molecule has 0 radical (unpaired) electrons. The first-order valence-corrected chi connectivity index (χ1v) is 11.1. The Kier molecular flexibility index (Phi) is 8.49. The van der Waals surface area contributed by atoms with Crippen molar-refractivity contribution in [3.63, 3.8) is 0 Å². The highest BCUT2D eigenvalue weighted by atomic mass is 32.2. The van der Waals surface area contributed by atoms with Crippen molar-refractivity contribution in [3.05, 3.63) is 60.4 Å². The molecule has 0 aliphatic rings. The fraction of sp³-hybridized carbons (Fsp3) is 0.348. The molecule has 1 heterocycles. The first kappa shape index (κ1) is 22.8. The van der Waals surface area contributed by atoms with Gasteiger partial charge in [-0.3, -0.25) is 4.79 Å². The summed E-state index contributed by atoms with van der Waals surface area (Å²) < 4.78 is 18.5. The third-order valence-electron chi connectivity index (χ3n) is 4.33. The van der Waals surface area contributed by atoms with Gasteiger partial charge < -0.3 is 18.8 Å². The third kappa shape index (κ3) is 6.57. The molecule has 0 aliphatic carbocycles. The first-order chi connectivity index (χ1) is 15.1. The van der Waals surface area contributed by atoms with Crippen LogP contribution >= 0.6 is 11.8 Å². The third-order valence-corrected chi connectivity index (χ3v) is 5.27. The summed E-state index contributed by atoms with van der Waals surface area (Å²) in [7, 11) is 1.64. The quantitative estimate of drug-likeness (QED) is 0.326. The predicted octanol–water partition coefficient (Wildman–Crippen LogP) is 4.21. The van der Waals surface area contributed by atoms with E-state index in [-0.39, 0.29) is 24.4 Å². The van der Waals surface area contributed by atoms with Crippen LogP contribution in [0.1, 0.15) is 19.7 Å². The number of aromatic nitrogens is 3. The number of methoxy groups -OCH3 is 1. The number of esters is 1. The molecule has 0 saturated heterocycles. The molecule has 164 valence electrons. The van der Waals surface area contributed by atoms with E-state index in [2.05, 4.69) is 10.2 Å².